The smallest absolute Gasteiger partial charge is 0.274 e. The maximum absolute atomic E-state index is 12.0. The molecule has 2 heterocycles. The van der Waals surface area contributed by atoms with Crippen molar-refractivity contribution in [3.63, 3.8) is 0 Å². The first-order chi connectivity index (χ1) is 9.06. The molecule has 2 rings (SSSR count). The highest BCUT2D eigenvalue weighted by atomic mass is 32.2. The first-order valence-electron chi connectivity index (χ1n) is 5.81. The normalized spacial score (nSPS) is 11.9. The molecule has 2 aromatic rings. The molecular formula is C12H15NO4S2. The fourth-order valence-electron chi connectivity index (χ4n) is 1.66. The van der Waals surface area contributed by atoms with E-state index in [1.54, 1.807) is 0 Å². The Morgan fingerprint density at radius 3 is 2.79 bits per heavy atom. The molecule has 0 bridgehead atoms. The molecule has 19 heavy (non-hydrogen) atoms. The van der Waals surface area contributed by atoms with E-state index in [4.69, 9.17) is 9.52 Å². The number of hydrogen-bond acceptors (Lipinski definition) is 5. The van der Waals surface area contributed by atoms with Crippen molar-refractivity contribution in [3.8, 4) is 0 Å². The van der Waals surface area contributed by atoms with Gasteiger partial charge in [0.2, 0.25) is 5.09 Å². The second kappa shape index (κ2) is 5.87. The summed E-state index contributed by atoms with van der Waals surface area (Å²) in [6.45, 7) is 1.96. The highest BCUT2D eigenvalue weighted by Gasteiger charge is 2.19. The third kappa shape index (κ3) is 3.24. The van der Waals surface area contributed by atoms with Crippen molar-refractivity contribution in [3.05, 3.63) is 39.8 Å². The van der Waals surface area contributed by atoms with Crippen molar-refractivity contribution in [2.45, 2.75) is 31.6 Å². The molecule has 0 unspecified atom stereocenters. The van der Waals surface area contributed by atoms with Crippen molar-refractivity contribution in [2.24, 2.45) is 0 Å². The Bertz CT molecular complexity index is 642. The van der Waals surface area contributed by atoms with Gasteiger partial charge in [0.15, 0.2) is 0 Å². The monoisotopic (exact) mass is 301 g/mol. The van der Waals surface area contributed by atoms with Crippen LogP contribution in [0.1, 0.15) is 23.1 Å². The SMILES string of the molecule is CCc1ccsc1CNS(=O)(=O)c1ccc(CO)o1. The van der Waals surface area contributed by atoms with Crippen molar-refractivity contribution in [2.75, 3.05) is 0 Å². The Morgan fingerprint density at radius 1 is 1.37 bits per heavy atom. The van der Waals surface area contributed by atoms with E-state index >= 15 is 0 Å². The number of aliphatic hydroxyl groups is 1. The van der Waals surface area contributed by atoms with Gasteiger partial charge in [-0.1, -0.05) is 6.92 Å². The number of aliphatic hydroxyl groups excluding tert-OH is 1. The Morgan fingerprint density at radius 2 is 2.16 bits per heavy atom. The molecule has 5 nitrogen and oxygen atoms in total. The summed E-state index contributed by atoms with van der Waals surface area (Å²) in [5.74, 6) is 0.228. The van der Waals surface area contributed by atoms with E-state index in [1.165, 1.54) is 23.5 Å². The van der Waals surface area contributed by atoms with E-state index in [1.807, 2.05) is 18.4 Å². The molecular weight excluding hydrogens is 286 g/mol. The zero-order valence-electron chi connectivity index (χ0n) is 10.4. The summed E-state index contributed by atoms with van der Waals surface area (Å²) in [5, 5.41) is 10.6. The van der Waals surface area contributed by atoms with Gasteiger partial charge in [-0.25, -0.2) is 13.1 Å². The predicted octanol–water partition coefficient (Wildman–Crippen LogP) is 1.87. The number of furan rings is 1. The lowest BCUT2D eigenvalue weighted by molar-refractivity contribution is 0.236. The minimum Gasteiger partial charge on any atom is -0.446 e. The van der Waals surface area contributed by atoms with E-state index in [2.05, 4.69) is 4.72 Å². The number of aryl methyl sites for hydroxylation is 1. The Hall–Kier alpha value is -1.15. The molecule has 0 aliphatic rings. The Labute approximate surface area is 115 Å². The predicted molar refractivity (Wildman–Crippen MR) is 72.4 cm³/mol. The van der Waals surface area contributed by atoms with Crippen LogP contribution in [-0.2, 0) is 29.6 Å². The van der Waals surface area contributed by atoms with Gasteiger partial charge >= 0.3 is 0 Å². The van der Waals surface area contributed by atoms with Gasteiger partial charge in [-0.3, -0.25) is 0 Å². The molecule has 2 aromatic heterocycles. The molecule has 7 heteroatoms. The van der Waals surface area contributed by atoms with E-state index in [9.17, 15) is 8.42 Å². The van der Waals surface area contributed by atoms with Crippen LogP contribution < -0.4 is 4.72 Å². The topological polar surface area (TPSA) is 79.5 Å². The summed E-state index contributed by atoms with van der Waals surface area (Å²) >= 11 is 1.52. The van der Waals surface area contributed by atoms with E-state index < -0.39 is 10.0 Å². The van der Waals surface area contributed by atoms with Crippen LogP contribution in [0.15, 0.2) is 33.1 Å². The first kappa shape index (κ1) is 14.3. The molecule has 0 aromatic carbocycles. The van der Waals surface area contributed by atoms with Crippen LogP contribution in [0.3, 0.4) is 0 Å². The first-order valence-corrected chi connectivity index (χ1v) is 8.17. The standard InChI is InChI=1S/C12H15NO4S2/c1-2-9-5-6-18-11(9)7-13-19(15,16)12-4-3-10(8-14)17-12/h3-6,13-14H,2,7-8H2,1H3. The molecule has 2 N–H and O–H groups in total. The van der Waals surface area contributed by atoms with Gasteiger partial charge in [0.25, 0.3) is 10.0 Å². The Kier molecular flexibility index (Phi) is 4.41. The molecule has 0 aliphatic heterocycles. The van der Waals surface area contributed by atoms with Crippen LogP contribution in [0.25, 0.3) is 0 Å². The average molecular weight is 301 g/mol. The molecule has 0 aliphatic carbocycles. The van der Waals surface area contributed by atoms with Crippen LogP contribution in [0, 0.1) is 0 Å². The van der Waals surface area contributed by atoms with E-state index in [-0.39, 0.29) is 24.0 Å². The maximum Gasteiger partial charge on any atom is 0.274 e. The van der Waals surface area contributed by atoms with E-state index in [0.717, 1.165) is 16.9 Å². The van der Waals surface area contributed by atoms with Crippen LogP contribution in [-0.4, -0.2) is 13.5 Å². The van der Waals surface area contributed by atoms with Crippen LogP contribution >= 0.6 is 11.3 Å². The van der Waals surface area contributed by atoms with Gasteiger partial charge in [0.05, 0.1) is 0 Å². The minimum absolute atomic E-state index is 0.175. The number of rotatable bonds is 6. The molecule has 104 valence electrons. The summed E-state index contributed by atoms with van der Waals surface area (Å²) in [6.07, 6.45) is 0.871. The summed E-state index contributed by atoms with van der Waals surface area (Å²) in [7, 11) is -3.67. The molecule has 0 saturated carbocycles. The molecule has 0 fully saturated rings. The van der Waals surface area contributed by atoms with Crippen molar-refractivity contribution in [1.29, 1.82) is 0 Å². The zero-order chi connectivity index (χ0) is 13.9. The lowest BCUT2D eigenvalue weighted by Crippen LogP contribution is -2.22. The second-order valence-corrected chi connectivity index (χ2v) is 6.62. The molecule has 0 spiro atoms. The minimum atomic E-state index is -3.67. The zero-order valence-corrected chi connectivity index (χ0v) is 12.1. The third-order valence-corrected chi connectivity index (χ3v) is 4.94. The highest BCUT2D eigenvalue weighted by molar-refractivity contribution is 7.89. The third-order valence-electron chi connectivity index (χ3n) is 2.70. The summed E-state index contributed by atoms with van der Waals surface area (Å²) in [4.78, 5) is 1.00. The van der Waals surface area contributed by atoms with Crippen molar-refractivity contribution < 1.29 is 17.9 Å². The van der Waals surface area contributed by atoms with E-state index in [0.29, 0.717) is 0 Å². The highest BCUT2D eigenvalue weighted by Crippen LogP contribution is 2.19. The summed E-state index contributed by atoms with van der Waals surface area (Å²) < 4.78 is 31.5. The molecule has 0 radical (unpaired) electrons. The average Bonchev–Trinajstić information content (AvgIpc) is 3.05. The van der Waals surface area contributed by atoms with Gasteiger partial charge in [-0.15, -0.1) is 11.3 Å². The maximum atomic E-state index is 12.0. The largest absolute Gasteiger partial charge is 0.446 e. The number of sulfonamides is 1. The molecule has 0 saturated heterocycles. The quantitative estimate of drug-likeness (QED) is 0.853. The van der Waals surface area contributed by atoms with Gasteiger partial charge in [-0.05, 0) is 35.6 Å². The van der Waals surface area contributed by atoms with Crippen molar-refractivity contribution >= 4 is 21.4 Å². The van der Waals surface area contributed by atoms with Gasteiger partial charge in [0, 0.05) is 11.4 Å². The summed E-state index contributed by atoms with van der Waals surface area (Å²) in [5.41, 5.74) is 1.14. The van der Waals surface area contributed by atoms with Crippen molar-refractivity contribution in [1.82, 2.24) is 4.72 Å². The lowest BCUT2D eigenvalue weighted by atomic mass is 10.2. The van der Waals surface area contributed by atoms with Gasteiger partial charge < -0.3 is 9.52 Å². The van der Waals surface area contributed by atoms with Crippen LogP contribution in [0.4, 0.5) is 0 Å². The number of thiophene rings is 1. The Balaban J connectivity index is 2.09. The molecule has 0 atom stereocenters. The van der Waals surface area contributed by atoms with Crippen LogP contribution in [0.2, 0.25) is 0 Å². The van der Waals surface area contributed by atoms with Gasteiger partial charge in [-0.2, -0.15) is 0 Å². The van der Waals surface area contributed by atoms with Gasteiger partial charge in [0.1, 0.15) is 12.4 Å². The van der Waals surface area contributed by atoms with Crippen LogP contribution in [0.5, 0.6) is 0 Å². The summed E-state index contributed by atoms with van der Waals surface area (Å²) in [6, 6.07) is 4.77. The fraction of sp³-hybridized carbons (Fsp3) is 0.333. The fourth-order valence-corrected chi connectivity index (χ4v) is 3.60. The molecule has 0 amide bonds. The number of nitrogens with one attached hydrogen (secondary N) is 1. The lowest BCUT2D eigenvalue weighted by Gasteiger charge is -2.04. The number of hydrogen-bond donors (Lipinski definition) is 2. The second-order valence-electron chi connectivity index (χ2n) is 3.93.